The maximum Gasteiger partial charge on any atom is 0.0536 e. The summed E-state index contributed by atoms with van der Waals surface area (Å²) in [6, 6.07) is 9.43. The summed E-state index contributed by atoms with van der Waals surface area (Å²) in [4.78, 5) is 4.88. The van der Waals surface area contributed by atoms with Gasteiger partial charge in [0.1, 0.15) is 0 Å². The summed E-state index contributed by atoms with van der Waals surface area (Å²) < 4.78 is 12.2. The number of aromatic nitrogens is 1. The zero-order chi connectivity index (χ0) is 13.0. The van der Waals surface area contributed by atoms with Crippen molar-refractivity contribution in [1.82, 2.24) is 4.98 Å². The largest absolute Gasteiger partial charge is 0.399 e. The number of hydrogen-bond acceptors (Lipinski definition) is 3. The second-order valence-electron chi connectivity index (χ2n) is 4.19. The van der Waals surface area contributed by atoms with E-state index in [0.29, 0.717) is 11.4 Å². The normalized spacial score (nSPS) is 12.3. The van der Waals surface area contributed by atoms with Crippen LogP contribution in [0.4, 0.5) is 5.69 Å². The van der Waals surface area contributed by atoms with Crippen LogP contribution in [0.3, 0.4) is 0 Å². The van der Waals surface area contributed by atoms with Crippen LogP contribution in [0, 0.1) is 6.92 Å². The van der Waals surface area contributed by atoms with E-state index in [-0.39, 0.29) is 0 Å². The van der Waals surface area contributed by atoms with Gasteiger partial charge in [0.15, 0.2) is 0 Å². The van der Waals surface area contributed by atoms with Gasteiger partial charge < -0.3 is 5.73 Å². The molecule has 0 fully saturated rings. The lowest BCUT2D eigenvalue weighted by Gasteiger charge is -2.07. The highest BCUT2D eigenvalue weighted by molar-refractivity contribution is 7.85. The quantitative estimate of drug-likeness (QED) is 0.858. The molecule has 1 aromatic heterocycles. The van der Waals surface area contributed by atoms with Gasteiger partial charge in [0, 0.05) is 28.7 Å². The van der Waals surface area contributed by atoms with E-state index in [0.717, 1.165) is 22.4 Å². The SMILES string of the molecule is Cc1ccc(N)cc1S(=O)CCc1cccnc1. The Morgan fingerprint density at radius 3 is 2.89 bits per heavy atom. The van der Waals surface area contributed by atoms with Crippen LogP contribution in [0.2, 0.25) is 0 Å². The molecule has 0 spiro atoms. The van der Waals surface area contributed by atoms with Crippen molar-refractivity contribution in [3.05, 3.63) is 53.9 Å². The van der Waals surface area contributed by atoms with E-state index in [1.807, 2.05) is 37.4 Å². The molecule has 0 aliphatic carbocycles. The van der Waals surface area contributed by atoms with E-state index < -0.39 is 10.8 Å². The van der Waals surface area contributed by atoms with E-state index in [4.69, 9.17) is 5.73 Å². The smallest absolute Gasteiger partial charge is 0.0536 e. The lowest BCUT2D eigenvalue weighted by atomic mass is 10.2. The van der Waals surface area contributed by atoms with Gasteiger partial charge >= 0.3 is 0 Å². The molecule has 1 heterocycles. The molecule has 0 saturated carbocycles. The number of nitrogens with two attached hydrogens (primary N) is 1. The van der Waals surface area contributed by atoms with Gasteiger partial charge in [-0.05, 0) is 42.7 Å². The first-order valence-electron chi connectivity index (χ1n) is 5.80. The van der Waals surface area contributed by atoms with E-state index >= 15 is 0 Å². The van der Waals surface area contributed by atoms with Gasteiger partial charge in [0.2, 0.25) is 0 Å². The number of anilines is 1. The Kier molecular flexibility index (Phi) is 4.10. The van der Waals surface area contributed by atoms with E-state index in [9.17, 15) is 4.21 Å². The minimum absolute atomic E-state index is 0.593. The van der Waals surface area contributed by atoms with Crippen molar-refractivity contribution < 1.29 is 4.21 Å². The molecular formula is C14H16N2OS. The fourth-order valence-corrected chi connectivity index (χ4v) is 3.06. The first-order valence-corrected chi connectivity index (χ1v) is 7.12. The highest BCUT2D eigenvalue weighted by Gasteiger charge is 2.08. The molecule has 0 amide bonds. The third-order valence-electron chi connectivity index (χ3n) is 2.76. The van der Waals surface area contributed by atoms with Crippen molar-refractivity contribution in [3.8, 4) is 0 Å². The maximum absolute atomic E-state index is 12.2. The number of rotatable bonds is 4. The lowest BCUT2D eigenvalue weighted by molar-refractivity contribution is 0.682. The third kappa shape index (κ3) is 3.17. The highest BCUT2D eigenvalue weighted by Crippen LogP contribution is 2.17. The van der Waals surface area contributed by atoms with E-state index in [2.05, 4.69) is 4.98 Å². The molecule has 0 aliphatic heterocycles. The number of benzene rings is 1. The van der Waals surface area contributed by atoms with E-state index in [1.54, 1.807) is 12.3 Å². The molecule has 1 aromatic carbocycles. The highest BCUT2D eigenvalue weighted by atomic mass is 32.2. The first kappa shape index (κ1) is 12.8. The Balaban J connectivity index is 2.06. The summed E-state index contributed by atoms with van der Waals surface area (Å²) >= 11 is 0. The summed E-state index contributed by atoms with van der Waals surface area (Å²) in [7, 11) is -1.01. The molecule has 0 aliphatic rings. The molecule has 3 nitrogen and oxygen atoms in total. The molecule has 0 bridgehead atoms. The van der Waals surface area contributed by atoms with Crippen molar-refractivity contribution in [2.45, 2.75) is 18.2 Å². The van der Waals surface area contributed by atoms with Crippen molar-refractivity contribution in [2.75, 3.05) is 11.5 Å². The summed E-state index contributed by atoms with van der Waals surface area (Å²) in [5.74, 6) is 0.593. The number of nitrogen functional groups attached to an aromatic ring is 1. The number of nitrogens with zero attached hydrogens (tertiary/aromatic N) is 1. The van der Waals surface area contributed by atoms with Crippen LogP contribution in [0.1, 0.15) is 11.1 Å². The standard InChI is InChI=1S/C14H16N2OS/c1-11-4-5-13(15)9-14(11)18(17)8-6-12-3-2-7-16-10-12/h2-5,7,9-10H,6,8,15H2,1H3. The van der Waals surface area contributed by atoms with Crippen LogP contribution >= 0.6 is 0 Å². The molecular weight excluding hydrogens is 244 g/mol. The zero-order valence-electron chi connectivity index (χ0n) is 10.3. The van der Waals surface area contributed by atoms with Gasteiger partial charge in [0.05, 0.1) is 10.8 Å². The zero-order valence-corrected chi connectivity index (χ0v) is 11.1. The molecule has 1 unspecified atom stereocenters. The lowest BCUT2D eigenvalue weighted by Crippen LogP contribution is -2.04. The second kappa shape index (κ2) is 5.78. The van der Waals surface area contributed by atoms with Crippen molar-refractivity contribution >= 4 is 16.5 Å². The monoisotopic (exact) mass is 260 g/mol. The molecule has 0 radical (unpaired) electrons. The average Bonchev–Trinajstić information content (AvgIpc) is 2.40. The van der Waals surface area contributed by atoms with Crippen LogP contribution in [0.15, 0.2) is 47.6 Å². The topological polar surface area (TPSA) is 56.0 Å². The van der Waals surface area contributed by atoms with Crippen LogP contribution in [-0.4, -0.2) is 14.9 Å². The maximum atomic E-state index is 12.2. The van der Waals surface area contributed by atoms with Gasteiger partial charge in [-0.2, -0.15) is 0 Å². The van der Waals surface area contributed by atoms with Crippen LogP contribution in [-0.2, 0) is 17.2 Å². The molecule has 0 saturated heterocycles. The molecule has 2 N–H and O–H groups in total. The Bertz CT molecular complexity index is 555. The average molecular weight is 260 g/mol. The van der Waals surface area contributed by atoms with Crippen LogP contribution < -0.4 is 5.73 Å². The minimum atomic E-state index is -1.01. The molecule has 1 atom stereocenters. The van der Waals surface area contributed by atoms with Gasteiger partial charge in [-0.25, -0.2) is 0 Å². The summed E-state index contributed by atoms with van der Waals surface area (Å²) in [5.41, 5.74) is 8.51. The van der Waals surface area contributed by atoms with Crippen molar-refractivity contribution in [2.24, 2.45) is 0 Å². The predicted octanol–water partition coefficient (Wildman–Crippen LogP) is 2.32. The van der Waals surface area contributed by atoms with Gasteiger partial charge in [0.25, 0.3) is 0 Å². The predicted molar refractivity (Wildman–Crippen MR) is 74.8 cm³/mol. The Hall–Kier alpha value is -1.68. The third-order valence-corrected chi connectivity index (χ3v) is 4.26. The van der Waals surface area contributed by atoms with Crippen LogP contribution in [0.25, 0.3) is 0 Å². The summed E-state index contributed by atoms with van der Waals surface area (Å²) in [6.07, 6.45) is 4.31. The number of aryl methyl sites for hydroxylation is 2. The van der Waals surface area contributed by atoms with Gasteiger partial charge in [-0.1, -0.05) is 12.1 Å². The molecule has 18 heavy (non-hydrogen) atoms. The number of hydrogen-bond donors (Lipinski definition) is 1. The Morgan fingerprint density at radius 1 is 1.33 bits per heavy atom. The van der Waals surface area contributed by atoms with E-state index in [1.165, 1.54) is 0 Å². The second-order valence-corrected chi connectivity index (χ2v) is 5.72. The molecule has 4 heteroatoms. The Labute approximate surface area is 110 Å². The fourth-order valence-electron chi connectivity index (χ4n) is 1.73. The van der Waals surface area contributed by atoms with Gasteiger partial charge in [-0.3, -0.25) is 9.19 Å². The molecule has 94 valence electrons. The minimum Gasteiger partial charge on any atom is -0.399 e. The Morgan fingerprint density at radius 2 is 2.17 bits per heavy atom. The molecule has 2 aromatic rings. The number of pyridine rings is 1. The van der Waals surface area contributed by atoms with Crippen molar-refractivity contribution in [1.29, 1.82) is 0 Å². The van der Waals surface area contributed by atoms with Gasteiger partial charge in [-0.15, -0.1) is 0 Å². The summed E-state index contributed by atoms with van der Waals surface area (Å²) in [5, 5.41) is 0. The van der Waals surface area contributed by atoms with Crippen LogP contribution in [0.5, 0.6) is 0 Å². The summed E-state index contributed by atoms with van der Waals surface area (Å²) in [6.45, 7) is 1.96. The first-order chi connectivity index (χ1) is 8.66. The fraction of sp³-hybridized carbons (Fsp3) is 0.214. The van der Waals surface area contributed by atoms with Crippen molar-refractivity contribution in [3.63, 3.8) is 0 Å². The molecule has 2 rings (SSSR count).